The van der Waals surface area contributed by atoms with Crippen LogP contribution in [0.15, 0.2) is 4.99 Å². The molecular weight excluding hydrogens is 276 g/mol. The van der Waals surface area contributed by atoms with Crippen LogP contribution in [0.25, 0.3) is 0 Å². The van der Waals surface area contributed by atoms with Crippen molar-refractivity contribution in [2.24, 2.45) is 4.99 Å². The molecule has 0 amide bonds. The fourth-order valence-electron chi connectivity index (χ4n) is 3.46. The molecule has 2 fully saturated rings. The fourth-order valence-corrected chi connectivity index (χ4v) is 3.46. The third kappa shape index (κ3) is 5.43. The lowest BCUT2D eigenvalue weighted by atomic mass is 10.0. The number of β-amino-alcohol motifs (C(OH)–C–C–N with tert-alkyl or cyclic N) is 1. The standard InChI is InChI=1S/C17H34N4O/c1-3-18-17(21-13-9-16(22)14-21)19-10-5-7-12-20-11-6-4-8-15(20)2/h15-16,22H,3-14H2,1-2H3,(H,18,19)/t15?,16-/m1/s1. The molecule has 0 saturated carbocycles. The first kappa shape index (κ1) is 17.5. The Kier molecular flexibility index (Phi) is 7.46. The second-order valence-corrected chi connectivity index (χ2v) is 6.71. The Labute approximate surface area is 135 Å². The van der Waals surface area contributed by atoms with Crippen molar-refractivity contribution < 1.29 is 5.11 Å². The van der Waals surface area contributed by atoms with Crippen molar-refractivity contribution >= 4 is 5.96 Å². The average molecular weight is 310 g/mol. The summed E-state index contributed by atoms with van der Waals surface area (Å²) < 4.78 is 0. The highest BCUT2D eigenvalue weighted by Gasteiger charge is 2.22. The van der Waals surface area contributed by atoms with Crippen molar-refractivity contribution in [3.63, 3.8) is 0 Å². The van der Waals surface area contributed by atoms with Gasteiger partial charge in [-0.1, -0.05) is 6.42 Å². The van der Waals surface area contributed by atoms with Crippen molar-refractivity contribution in [1.82, 2.24) is 15.1 Å². The van der Waals surface area contributed by atoms with E-state index in [0.29, 0.717) is 0 Å². The molecule has 0 bridgehead atoms. The third-order valence-electron chi connectivity index (χ3n) is 4.85. The van der Waals surface area contributed by atoms with Crippen LogP contribution in [0.3, 0.4) is 0 Å². The van der Waals surface area contributed by atoms with E-state index in [-0.39, 0.29) is 6.10 Å². The quantitative estimate of drug-likeness (QED) is 0.445. The average Bonchev–Trinajstić information content (AvgIpc) is 2.94. The number of guanidine groups is 1. The van der Waals surface area contributed by atoms with Gasteiger partial charge in [0.25, 0.3) is 0 Å². The lowest BCUT2D eigenvalue weighted by Gasteiger charge is -2.33. The first-order chi connectivity index (χ1) is 10.7. The van der Waals surface area contributed by atoms with Gasteiger partial charge in [0.1, 0.15) is 0 Å². The predicted molar refractivity (Wildman–Crippen MR) is 92.3 cm³/mol. The van der Waals surface area contributed by atoms with Gasteiger partial charge in [0.05, 0.1) is 6.10 Å². The van der Waals surface area contributed by atoms with E-state index in [1.165, 1.54) is 38.8 Å². The highest BCUT2D eigenvalue weighted by Crippen LogP contribution is 2.16. The number of aliphatic hydroxyl groups is 1. The normalized spacial score (nSPS) is 27.4. The highest BCUT2D eigenvalue weighted by atomic mass is 16.3. The topological polar surface area (TPSA) is 51.1 Å². The van der Waals surface area contributed by atoms with E-state index in [4.69, 9.17) is 4.99 Å². The van der Waals surface area contributed by atoms with Gasteiger partial charge in [0.2, 0.25) is 0 Å². The molecule has 2 aliphatic heterocycles. The van der Waals surface area contributed by atoms with E-state index in [9.17, 15) is 5.11 Å². The van der Waals surface area contributed by atoms with Crippen LogP contribution in [0.1, 0.15) is 52.4 Å². The molecule has 1 unspecified atom stereocenters. The number of nitrogens with zero attached hydrogens (tertiary/aromatic N) is 3. The first-order valence-corrected chi connectivity index (χ1v) is 9.16. The van der Waals surface area contributed by atoms with Crippen LogP contribution in [0.4, 0.5) is 0 Å². The number of aliphatic hydroxyl groups excluding tert-OH is 1. The molecule has 2 aliphatic rings. The molecule has 2 atom stereocenters. The summed E-state index contributed by atoms with van der Waals surface area (Å²) >= 11 is 0. The van der Waals surface area contributed by atoms with Crippen molar-refractivity contribution in [2.45, 2.75) is 64.5 Å². The molecular formula is C17H34N4O. The van der Waals surface area contributed by atoms with Gasteiger partial charge < -0.3 is 20.2 Å². The maximum Gasteiger partial charge on any atom is 0.194 e. The minimum absolute atomic E-state index is 0.190. The second kappa shape index (κ2) is 9.36. The number of hydrogen-bond donors (Lipinski definition) is 2. The molecule has 0 aromatic rings. The van der Waals surface area contributed by atoms with Gasteiger partial charge in [-0.15, -0.1) is 0 Å². The molecule has 2 saturated heterocycles. The molecule has 5 heteroatoms. The summed E-state index contributed by atoms with van der Waals surface area (Å²) in [6.45, 7) is 10.4. The highest BCUT2D eigenvalue weighted by molar-refractivity contribution is 5.80. The maximum absolute atomic E-state index is 9.67. The Balaban J connectivity index is 1.67. The number of rotatable bonds is 6. The second-order valence-electron chi connectivity index (χ2n) is 6.71. The lowest BCUT2D eigenvalue weighted by molar-refractivity contribution is 0.158. The van der Waals surface area contributed by atoms with Gasteiger partial charge in [-0.05, 0) is 59.0 Å². The van der Waals surface area contributed by atoms with E-state index in [1.807, 2.05) is 0 Å². The monoisotopic (exact) mass is 310 g/mol. The van der Waals surface area contributed by atoms with Gasteiger partial charge in [0.15, 0.2) is 5.96 Å². The summed E-state index contributed by atoms with van der Waals surface area (Å²) in [4.78, 5) is 9.55. The van der Waals surface area contributed by atoms with E-state index in [0.717, 1.165) is 51.0 Å². The fraction of sp³-hybridized carbons (Fsp3) is 0.941. The van der Waals surface area contributed by atoms with Crippen molar-refractivity contribution in [3.8, 4) is 0 Å². The molecule has 22 heavy (non-hydrogen) atoms. The Hall–Kier alpha value is -0.810. The summed E-state index contributed by atoms with van der Waals surface area (Å²) in [5.74, 6) is 0.977. The minimum Gasteiger partial charge on any atom is -0.391 e. The van der Waals surface area contributed by atoms with Crippen molar-refractivity contribution in [1.29, 1.82) is 0 Å². The molecule has 0 aromatic heterocycles. The molecule has 0 aromatic carbocycles. The van der Waals surface area contributed by atoms with Gasteiger partial charge in [-0.2, -0.15) is 0 Å². The van der Waals surface area contributed by atoms with Crippen LogP contribution in [0, 0.1) is 0 Å². The molecule has 0 aliphatic carbocycles. The Morgan fingerprint density at radius 3 is 2.77 bits per heavy atom. The van der Waals surface area contributed by atoms with Gasteiger partial charge in [0, 0.05) is 32.2 Å². The molecule has 128 valence electrons. The molecule has 0 spiro atoms. The van der Waals surface area contributed by atoms with Crippen LogP contribution < -0.4 is 5.32 Å². The molecule has 0 radical (unpaired) electrons. The number of nitrogens with one attached hydrogen (secondary N) is 1. The third-order valence-corrected chi connectivity index (χ3v) is 4.85. The Morgan fingerprint density at radius 1 is 1.23 bits per heavy atom. The Morgan fingerprint density at radius 2 is 2.09 bits per heavy atom. The van der Waals surface area contributed by atoms with Gasteiger partial charge in [-0.25, -0.2) is 0 Å². The number of likely N-dealkylation sites (tertiary alicyclic amines) is 2. The minimum atomic E-state index is -0.190. The molecule has 2 heterocycles. The van der Waals surface area contributed by atoms with Crippen LogP contribution in [-0.4, -0.2) is 72.3 Å². The zero-order valence-corrected chi connectivity index (χ0v) is 14.4. The Bertz CT molecular complexity index is 348. The van der Waals surface area contributed by atoms with E-state index >= 15 is 0 Å². The van der Waals surface area contributed by atoms with E-state index in [2.05, 4.69) is 29.0 Å². The summed E-state index contributed by atoms with van der Waals surface area (Å²) in [5, 5.41) is 13.0. The summed E-state index contributed by atoms with van der Waals surface area (Å²) in [6.07, 6.45) is 7.17. The lowest BCUT2D eigenvalue weighted by Crippen LogP contribution is -2.40. The first-order valence-electron chi connectivity index (χ1n) is 9.16. The molecule has 2 rings (SSSR count). The smallest absolute Gasteiger partial charge is 0.194 e. The van der Waals surface area contributed by atoms with Crippen LogP contribution in [-0.2, 0) is 0 Å². The summed E-state index contributed by atoms with van der Waals surface area (Å²) in [6, 6.07) is 0.764. The van der Waals surface area contributed by atoms with Crippen LogP contribution in [0.2, 0.25) is 0 Å². The number of hydrogen-bond acceptors (Lipinski definition) is 3. The number of unbranched alkanes of at least 4 members (excludes halogenated alkanes) is 1. The van der Waals surface area contributed by atoms with E-state index in [1.54, 1.807) is 0 Å². The SMILES string of the molecule is CCNC(=NCCCCN1CCCCC1C)N1CC[C@@H](O)C1. The largest absolute Gasteiger partial charge is 0.391 e. The predicted octanol–water partition coefficient (Wildman–Crippen LogP) is 1.67. The molecule has 5 nitrogen and oxygen atoms in total. The zero-order chi connectivity index (χ0) is 15.8. The zero-order valence-electron chi connectivity index (χ0n) is 14.4. The summed E-state index contributed by atoms with van der Waals surface area (Å²) in [7, 11) is 0. The van der Waals surface area contributed by atoms with Crippen molar-refractivity contribution in [2.75, 3.05) is 39.3 Å². The van der Waals surface area contributed by atoms with Gasteiger partial charge in [-0.3, -0.25) is 4.99 Å². The summed E-state index contributed by atoms with van der Waals surface area (Å²) in [5.41, 5.74) is 0. The van der Waals surface area contributed by atoms with Crippen LogP contribution >= 0.6 is 0 Å². The van der Waals surface area contributed by atoms with E-state index < -0.39 is 0 Å². The maximum atomic E-state index is 9.67. The van der Waals surface area contributed by atoms with Gasteiger partial charge >= 0.3 is 0 Å². The number of piperidine rings is 1. The molecule has 2 N–H and O–H groups in total. The van der Waals surface area contributed by atoms with Crippen LogP contribution in [0.5, 0.6) is 0 Å². The number of aliphatic imine (C=N–C) groups is 1. The van der Waals surface area contributed by atoms with Crippen molar-refractivity contribution in [3.05, 3.63) is 0 Å².